The highest BCUT2D eigenvalue weighted by Crippen LogP contribution is 2.25. The van der Waals surface area contributed by atoms with Gasteiger partial charge in [-0.15, -0.1) is 0 Å². The molecule has 2 aromatic rings. The number of piperidine rings is 1. The van der Waals surface area contributed by atoms with Crippen LogP contribution in [0.5, 0.6) is 0 Å². The van der Waals surface area contributed by atoms with Crippen LogP contribution in [-0.4, -0.2) is 50.8 Å². The van der Waals surface area contributed by atoms with Gasteiger partial charge in [0.05, 0.1) is 10.5 Å². The number of hydrogen-bond acceptors (Lipinski definition) is 5. The van der Waals surface area contributed by atoms with Crippen molar-refractivity contribution in [2.45, 2.75) is 44.1 Å². The van der Waals surface area contributed by atoms with Gasteiger partial charge in [0.25, 0.3) is 5.91 Å². The number of esters is 1. The largest absolute Gasteiger partial charge is 0.449 e. The second-order valence-electron chi connectivity index (χ2n) is 7.73. The van der Waals surface area contributed by atoms with Crippen molar-refractivity contribution in [1.82, 2.24) is 4.31 Å². The van der Waals surface area contributed by atoms with Crippen LogP contribution in [0, 0.1) is 6.92 Å². The Labute approximate surface area is 183 Å². The van der Waals surface area contributed by atoms with Crippen molar-refractivity contribution in [1.29, 1.82) is 0 Å². The maximum atomic E-state index is 13.1. The van der Waals surface area contributed by atoms with Crippen LogP contribution in [0.1, 0.15) is 42.1 Å². The van der Waals surface area contributed by atoms with Gasteiger partial charge < -0.3 is 9.64 Å². The Morgan fingerprint density at radius 3 is 2.32 bits per heavy atom. The van der Waals surface area contributed by atoms with Gasteiger partial charge in [0, 0.05) is 25.8 Å². The summed E-state index contributed by atoms with van der Waals surface area (Å²) in [6.45, 7) is 4.16. The van der Waals surface area contributed by atoms with Crippen molar-refractivity contribution >= 4 is 27.6 Å². The number of likely N-dealkylation sites (N-methyl/N-ethyl adjacent to an activating group) is 1. The Balaban J connectivity index is 1.76. The van der Waals surface area contributed by atoms with Gasteiger partial charge in [-0.05, 0) is 56.5 Å². The van der Waals surface area contributed by atoms with E-state index in [0.29, 0.717) is 24.3 Å². The highest BCUT2D eigenvalue weighted by atomic mass is 32.2. The molecule has 31 heavy (non-hydrogen) atoms. The summed E-state index contributed by atoms with van der Waals surface area (Å²) < 4.78 is 33.0. The predicted molar refractivity (Wildman–Crippen MR) is 119 cm³/mol. The summed E-state index contributed by atoms with van der Waals surface area (Å²) in [4.78, 5) is 26.8. The van der Waals surface area contributed by atoms with E-state index in [1.54, 1.807) is 32.2 Å². The van der Waals surface area contributed by atoms with E-state index in [1.165, 1.54) is 28.3 Å². The number of ether oxygens (including phenoxy) is 1. The smallest absolute Gasteiger partial charge is 0.338 e. The van der Waals surface area contributed by atoms with Gasteiger partial charge in [0.1, 0.15) is 0 Å². The van der Waals surface area contributed by atoms with Gasteiger partial charge in [-0.1, -0.05) is 30.7 Å². The fourth-order valence-electron chi connectivity index (χ4n) is 3.58. The molecule has 1 amide bonds. The minimum absolute atomic E-state index is 0.100. The predicted octanol–water partition coefficient (Wildman–Crippen LogP) is 3.38. The average molecular weight is 445 g/mol. The Morgan fingerprint density at radius 2 is 1.68 bits per heavy atom. The normalized spacial score (nSPS) is 15.8. The monoisotopic (exact) mass is 444 g/mol. The number of aryl methyl sites for hydroxylation is 1. The van der Waals surface area contributed by atoms with E-state index in [4.69, 9.17) is 4.74 Å². The minimum Gasteiger partial charge on any atom is -0.449 e. The third-order valence-corrected chi connectivity index (χ3v) is 7.50. The minimum atomic E-state index is -3.69. The highest BCUT2D eigenvalue weighted by molar-refractivity contribution is 7.89. The molecule has 7 nitrogen and oxygen atoms in total. The number of rotatable bonds is 6. The van der Waals surface area contributed by atoms with E-state index < -0.39 is 22.1 Å². The average Bonchev–Trinajstić information content (AvgIpc) is 2.79. The van der Waals surface area contributed by atoms with Gasteiger partial charge >= 0.3 is 5.97 Å². The molecule has 1 fully saturated rings. The van der Waals surface area contributed by atoms with E-state index in [9.17, 15) is 18.0 Å². The Hall–Kier alpha value is -2.71. The van der Waals surface area contributed by atoms with Crippen LogP contribution in [0.4, 0.5) is 5.69 Å². The topological polar surface area (TPSA) is 84.0 Å². The lowest BCUT2D eigenvalue weighted by Crippen LogP contribution is -2.37. The summed E-state index contributed by atoms with van der Waals surface area (Å²) in [6, 6.07) is 13.5. The summed E-state index contributed by atoms with van der Waals surface area (Å²) in [6.07, 6.45) is 1.64. The maximum absolute atomic E-state index is 13.1. The zero-order chi connectivity index (χ0) is 22.6. The SMILES string of the molecule is Cc1ccc(C(=O)O[C@@H](C)C(=O)N(C)c2ccccc2)cc1S(=O)(=O)N1CCCCC1. The molecule has 0 unspecified atom stereocenters. The Kier molecular flexibility index (Phi) is 7.12. The molecule has 3 rings (SSSR count). The van der Waals surface area contributed by atoms with Gasteiger partial charge in [0.2, 0.25) is 10.0 Å². The zero-order valence-corrected chi connectivity index (χ0v) is 18.9. The molecule has 1 aliphatic rings. The van der Waals surface area contributed by atoms with Crippen molar-refractivity contribution < 1.29 is 22.7 Å². The molecule has 2 aromatic carbocycles. The first-order chi connectivity index (χ1) is 14.7. The summed E-state index contributed by atoms with van der Waals surface area (Å²) in [7, 11) is -2.08. The molecular formula is C23H28N2O5S. The third kappa shape index (κ3) is 5.14. The van der Waals surface area contributed by atoms with E-state index in [2.05, 4.69) is 0 Å². The first-order valence-electron chi connectivity index (χ1n) is 10.4. The van der Waals surface area contributed by atoms with Crippen LogP contribution in [0.25, 0.3) is 0 Å². The summed E-state index contributed by atoms with van der Waals surface area (Å²) in [5, 5.41) is 0. The van der Waals surface area contributed by atoms with Crippen molar-refractivity contribution in [3.05, 3.63) is 59.7 Å². The second-order valence-corrected chi connectivity index (χ2v) is 9.63. The molecule has 1 heterocycles. The molecule has 0 aromatic heterocycles. The first kappa shape index (κ1) is 23.0. The van der Waals surface area contributed by atoms with E-state index in [1.807, 2.05) is 18.2 Å². The second kappa shape index (κ2) is 9.62. The lowest BCUT2D eigenvalue weighted by Gasteiger charge is -2.26. The number of hydrogen-bond donors (Lipinski definition) is 0. The summed E-state index contributed by atoms with van der Waals surface area (Å²) in [5.41, 5.74) is 1.35. The molecule has 0 aliphatic carbocycles. The van der Waals surface area contributed by atoms with Crippen LogP contribution < -0.4 is 4.90 Å². The number of benzene rings is 2. The van der Waals surface area contributed by atoms with Gasteiger partial charge in [0.15, 0.2) is 6.10 Å². The number of carbonyl (C=O) groups is 2. The molecule has 1 saturated heterocycles. The molecule has 0 N–H and O–H groups in total. The number of nitrogens with zero attached hydrogens (tertiary/aromatic N) is 2. The molecule has 0 radical (unpaired) electrons. The molecule has 8 heteroatoms. The molecule has 0 bridgehead atoms. The molecule has 166 valence electrons. The number of sulfonamides is 1. The number of carbonyl (C=O) groups excluding carboxylic acids is 2. The lowest BCUT2D eigenvalue weighted by molar-refractivity contribution is -0.126. The molecule has 1 atom stereocenters. The van der Waals surface area contributed by atoms with Crippen LogP contribution in [-0.2, 0) is 19.6 Å². The quantitative estimate of drug-likeness (QED) is 0.638. The van der Waals surface area contributed by atoms with Crippen LogP contribution >= 0.6 is 0 Å². The molecule has 0 spiro atoms. The highest BCUT2D eigenvalue weighted by Gasteiger charge is 2.29. The van der Waals surface area contributed by atoms with Gasteiger partial charge in [-0.3, -0.25) is 4.79 Å². The molecular weight excluding hydrogens is 416 g/mol. The summed E-state index contributed by atoms with van der Waals surface area (Å²) >= 11 is 0. The standard InChI is InChI=1S/C23H28N2O5S/c1-17-12-13-19(16-21(17)31(28,29)25-14-8-5-9-15-25)23(27)30-18(2)22(26)24(3)20-10-6-4-7-11-20/h4,6-7,10-13,16,18H,5,8-9,14-15H2,1-3H3/t18-/m0/s1. The Bertz CT molecular complexity index is 1050. The first-order valence-corrected chi connectivity index (χ1v) is 11.8. The van der Waals surface area contributed by atoms with Crippen LogP contribution in [0.3, 0.4) is 0 Å². The van der Waals surface area contributed by atoms with Crippen molar-refractivity contribution in [2.75, 3.05) is 25.0 Å². The van der Waals surface area contributed by atoms with Gasteiger partial charge in [-0.25, -0.2) is 13.2 Å². The molecule has 0 saturated carbocycles. The lowest BCUT2D eigenvalue weighted by atomic mass is 10.1. The summed E-state index contributed by atoms with van der Waals surface area (Å²) in [5.74, 6) is -1.12. The van der Waals surface area contributed by atoms with Crippen molar-refractivity contribution in [2.24, 2.45) is 0 Å². The third-order valence-electron chi connectivity index (χ3n) is 5.46. The van der Waals surface area contributed by atoms with Crippen molar-refractivity contribution in [3.63, 3.8) is 0 Å². The van der Waals surface area contributed by atoms with E-state index in [-0.39, 0.29) is 16.4 Å². The van der Waals surface area contributed by atoms with Crippen LogP contribution in [0.2, 0.25) is 0 Å². The fraction of sp³-hybridized carbons (Fsp3) is 0.391. The fourth-order valence-corrected chi connectivity index (χ4v) is 5.35. The maximum Gasteiger partial charge on any atom is 0.338 e. The van der Waals surface area contributed by atoms with Crippen molar-refractivity contribution in [3.8, 4) is 0 Å². The number of anilines is 1. The number of para-hydroxylation sites is 1. The van der Waals surface area contributed by atoms with E-state index in [0.717, 1.165) is 19.3 Å². The molecule has 1 aliphatic heterocycles. The Morgan fingerprint density at radius 1 is 1.03 bits per heavy atom. The van der Waals surface area contributed by atoms with E-state index >= 15 is 0 Å². The number of amides is 1. The van der Waals surface area contributed by atoms with Gasteiger partial charge in [-0.2, -0.15) is 4.31 Å². The zero-order valence-electron chi connectivity index (χ0n) is 18.1. The van der Waals surface area contributed by atoms with Crippen LogP contribution in [0.15, 0.2) is 53.4 Å².